The highest BCUT2D eigenvalue weighted by Crippen LogP contribution is 2.36. The molecule has 1 rings (SSSR count). The Morgan fingerprint density at radius 1 is 0.615 bits per heavy atom. The van der Waals surface area contributed by atoms with Crippen molar-refractivity contribution < 1.29 is 5.11 Å². The molecule has 1 N–H and O–H groups in total. The molecule has 0 bridgehead atoms. The Bertz CT molecular complexity index is 478. The van der Waals surface area contributed by atoms with E-state index in [9.17, 15) is 5.11 Å². The molecular formula is C24H42OS. The van der Waals surface area contributed by atoms with Crippen molar-refractivity contribution in [2.45, 2.75) is 122 Å². The number of benzene rings is 1. The Morgan fingerprint density at radius 2 is 1.04 bits per heavy atom. The van der Waals surface area contributed by atoms with E-state index in [1.165, 1.54) is 81.8 Å². The van der Waals surface area contributed by atoms with Crippen molar-refractivity contribution in [1.29, 1.82) is 0 Å². The van der Waals surface area contributed by atoms with Gasteiger partial charge in [-0.2, -0.15) is 0 Å². The second-order valence-electron chi connectivity index (χ2n) is 7.94. The van der Waals surface area contributed by atoms with E-state index in [1.54, 1.807) is 0 Å². The topological polar surface area (TPSA) is 20.2 Å². The molecule has 0 aromatic heterocycles. The van der Waals surface area contributed by atoms with Gasteiger partial charge < -0.3 is 5.11 Å². The maximum Gasteiger partial charge on any atom is 0.123 e. The lowest BCUT2D eigenvalue weighted by molar-refractivity contribution is 0.457. The minimum atomic E-state index is 0.493. The van der Waals surface area contributed by atoms with Crippen molar-refractivity contribution in [2.75, 3.05) is 0 Å². The third-order valence-corrected chi connectivity index (χ3v) is 6.33. The van der Waals surface area contributed by atoms with Gasteiger partial charge in [0.2, 0.25) is 0 Å². The second-order valence-corrected chi connectivity index (χ2v) is 8.39. The lowest BCUT2D eigenvalue weighted by atomic mass is 9.92. The van der Waals surface area contributed by atoms with E-state index in [4.69, 9.17) is 12.6 Å². The maximum atomic E-state index is 10.6. The van der Waals surface area contributed by atoms with Gasteiger partial charge in [0, 0.05) is 10.5 Å². The van der Waals surface area contributed by atoms with Crippen LogP contribution in [0.3, 0.4) is 0 Å². The van der Waals surface area contributed by atoms with Crippen molar-refractivity contribution in [3.63, 3.8) is 0 Å². The molecule has 2 heteroatoms. The summed E-state index contributed by atoms with van der Waals surface area (Å²) in [5, 5.41) is 10.6. The van der Waals surface area contributed by atoms with Crippen LogP contribution in [0.25, 0.3) is 0 Å². The molecule has 1 aromatic rings. The van der Waals surface area contributed by atoms with Gasteiger partial charge in [0.25, 0.3) is 0 Å². The number of hydrogen-bond acceptors (Lipinski definition) is 2. The van der Waals surface area contributed by atoms with Crippen molar-refractivity contribution in [2.24, 2.45) is 0 Å². The summed E-state index contributed by atoms with van der Waals surface area (Å²) in [6, 6.07) is 0. The molecule has 0 heterocycles. The van der Waals surface area contributed by atoms with Gasteiger partial charge in [0.05, 0.1) is 0 Å². The maximum absolute atomic E-state index is 10.6. The van der Waals surface area contributed by atoms with Gasteiger partial charge >= 0.3 is 0 Å². The minimum absolute atomic E-state index is 0.493. The lowest BCUT2D eigenvalue weighted by Gasteiger charge is -2.19. The van der Waals surface area contributed by atoms with Crippen molar-refractivity contribution in [3.8, 4) is 5.75 Å². The third kappa shape index (κ3) is 7.55. The van der Waals surface area contributed by atoms with Gasteiger partial charge in [-0.1, -0.05) is 78.1 Å². The predicted octanol–water partition coefficient (Wildman–Crippen LogP) is 8.10. The minimum Gasteiger partial charge on any atom is -0.507 e. The molecule has 0 aliphatic heterocycles. The molecule has 0 aliphatic carbocycles. The van der Waals surface area contributed by atoms with E-state index in [-0.39, 0.29) is 0 Å². The molecule has 0 aliphatic rings. The number of hydrogen-bond donors (Lipinski definition) is 2. The highest BCUT2D eigenvalue weighted by Gasteiger charge is 2.17. The summed E-state index contributed by atoms with van der Waals surface area (Å²) in [6.07, 6.45) is 17.7. The van der Waals surface area contributed by atoms with E-state index in [1.807, 2.05) is 0 Å². The van der Waals surface area contributed by atoms with Crippen LogP contribution in [0.2, 0.25) is 0 Å². The quantitative estimate of drug-likeness (QED) is 0.247. The number of phenols is 1. The van der Waals surface area contributed by atoms with Crippen molar-refractivity contribution >= 4 is 12.6 Å². The summed E-state index contributed by atoms with van der Waals surface area (Å²) in [4.78, 5) is 1.06. The van der Waals surface area contributed by atoms with Crippen LogP contribution in [0.4, 0.5) is 0 Å². The van der Waals surface area contributed by atoms with Crippen LogP contribution >= 0.6 is 12.6 Å². The molecule has 150 valence electrons. The Morgan fingerprint density at radius 3 is 1.54 bits per heavy atom. The van der Waals surface area contributed by atoms with Crippen LogP contribution < -0.4 is 0 Å². The molecule has 1 aromatic carbocycles. The average molecular weight is 379 g/mol. The standard InChI is InChI=1S/C24H42OS/c1-5-7-9-11-13-15-17-21-19(3)20(4)23(25)22(24(21)26)18-16-14-12-10-8-6-2/h25-26H,5-18H2,1-4H3. The largest absolute Gasteiger partial charge is 0.507 e. The highest BCUT2D eigenvalue weighted by molar-refractivity contribution is 7.80. The van der Waals surface area contributed by atoms with Crippen LogP contribution in [-0.4, -0.2) is 5.11 Å². The molecule has 0 fully saturated rings. The smallest absolute Gasteiger partial charge is 0.123 e. The van der Waals surface area contributed by atoms with E-state index in [2.05, 4.69) is 27.7 Å². The van der Waals surface area contributed by atoms with Gasteiger partial charge in [-0.3, -0.25) is 0 Å². The molecule has 0 saturated heterocycles. The Hall–Kier alpha value is -0.630. The van der Waals surface area contributed by atoms with E-state index >= 15 is 0 Å². The summed E-state index contributed by atoms with van der Waals surface area (Å²) in [6.45, 7) is 8.73. The predicted molar refractivity (Wildman–Crippen MR) is 119 cm³/mol. The normalized spacial score (nSPS) is 11.3. The van der Waals surface area contributed by atoms with Gasteiger partial charge in [0.15, 0.2) is 0 Å². The van der Waals surface area contributed by atoms with Crippen LogP contribution in [0.15, 0.2) is 4.90 Å². The lowest BCUT2D eigenvalue weighted by Crippen LogP contribution is -2.02. The Kier molecular flexibility index (Phi) is 12.2. The molecule has 0 amide bonds. The number of thiol groups is 1. The zero-order chi connectivity index (χ0) is 19.4. The number of phenolic OH excluding ortho intramolecular Hbond substituents is 1. The van der Waals surface area contributed by atoms with Crippen LogP contribution in [0.5, 0.6) is 5.75 Å². The van der Waals surface area contributed by atoms with Crippen LogP contribution in [0, 0.1) is 13.8 Å². The molecule has 26 heavy (non-hydrogen) atoms. The van der Waals surface area contributed by atoms with Crippen LogP contribution in [0.1, 0.15) is 113 Å². The number of rotatable bonds is 14. The van der Waals surface area contributed by atoms with Gasteiger partial charge in [0.1, 0.15) is 5.75 Å². The number of aromatic hydroxyl groups is 1. The van der Waals surface area contributed by atoms with E-state index in [0.717, 1.165) is 35.3 Å². The summed E-state index contributed by atoms with van der Waals surface area (Å²) in [5.74, 6) is 0.493. The first-order valence-corrected chi connectivity index (χ1v) is 11.5. The first-order chi connectivity index (χ1) is 12.5. The van der Waals surface area contributed by atoms with Crippen molar-refractivity contribution in [3.05, 3.63) is 22.3 Å². The van der Waals surface area contributed by atoms with Gasteiger partial charge in [-0.15, -0.1) is 12.6 Å². The summed E-state index contributed by atoms with van der Waals surface area (Å²) in [7, 11) is 0. The zero-order valence-corrected chi connectivity index (χ0v) is 18.7. The molecule has 0 unspecified atom stereocenters. The summed E-state index contributed by atoms with van der Waals surface area (Å²) < 4.78 is 0. The third-order valence-electron chi connectivity index (χ3n) is 5.79. The molecular weight excluding hydrogens is 336 g/mol. The SMILES string of the molecule is CCCCCCCCc1c(C)c(C)c(O)c(CCCCCCCC)c1S. The Balaban J connectivity index is 2.65. The highest BCUT2D eigenvalue weighted by atomic mass is 32.1. The van der Waals surface area contributed by atoms with Gasteiger partial charge in [-0.05, 0) is 56.2 Å². The first kappa shape index (κ1) is 23.4. The van der Waals surface area contributed by atoms with Crippen molar-refractivity contribution in [1.82, 2.24) is 0 Å². The monoisotopic (exact) mass is 378 g/mol. The Labute approximate surface area is 168 Å². The summed E-state index contributed by atoms with van der Waals surface area (Å²) in [5.41, 5.74) is 4.77. The molecule has 1 nitrogen and oxygen atoms in total. The fraction of sp³-hybridized carbons (Fsp3) is 0.750. The summed E-state index contributed by atoms with van der Waals surface area (Å²) >= 11 is 4.86. The fourth-order valence-electron chi connectivity index (χ4n) is 3.81. The molecule has 0 atom stereocenters. The van der Waals surface area contributed by atoms with E-state index in [0.29, 0.717) is 5.75 Å². The fourth-order valence-corrected chi connectivity index (χ4v) is 4.31. The zero-order valence-electron chi connectivity index (χ0n) is 17.8. The van der Waals surface area contributed by atoms with Gasteiger partial charge in [-0.25, -0.2) is 0 Å². The molecule has 0 radical (unpaired) electrons. The number of unbranched alkanes of at least 4 members (excludes halogenated alkanes) is 10. The second kappa shape index (κ2) is 13.5. The average Bonchev–Trinajstić information content (AvgIpc) is 2.64. The van der Waals surface area contributed by atoms with E-state index < -0.39 is 0 Å². The molecule has 0 saturated carbocycles. The first-order valence-electron chi connectivity index (χ1n) is 11.1. The van der Waals surface area contributed by atoms with Crippen LogP contribution in [-0.2, 0) is 12.8 Å². The molecule has 0 spiro atoms.